The van der Waals surface area contributed by atoms with Crippen LogP contribution < -0.4 is 10.6 Å². The van der Waals surface area contributed by atoms with Crippen LogP contribution in [0.2, 0.25) is 0 Å². The van der Waals surface area contributed by atoms with E-state index in [1.807, 2.05) is 0 Å². The Morgan fingerprint density at radius 1 is 1.24 bits per heavy atom. The van der Waals surface area contributed by atoms with Crippen molar-refractivity contribution in [3.05, 3.63) is 69.7 Å². The number of nitrogens with zero attached hydrogens (tertiary/aromatic N) is 1. The first-order chi connectivity index (χ1) is 14.0. The Kier molecular flexibility index (Phi) is 6.40. The van der Waals surface area contributed by atoms with E-state index in [1.165, 1.54) is 37.4 Å². The molecule has 29 heavy (non-hydrogen) atoms. The zero-order chi connectivity index (χ0) is 20.8. The highest BCUT2D eigenvalue weighted by molar-refractivity contribution is 5.95. The molecule has 3 rings (SSSR count). The zero-order valence-electron chi connectivity index (χ0n) is 15.8. The van der Waals surface area contributed by atoms with E-state index in [0.29, 0.717) is 31.8 Å². The molecule has 2 aromatic carbocycles. The average Bonchev–Trinajstić information content (AvgIpc) is 3.10. The highest BCUT2D eigenvalue weighted by atomic mass is 19.1. The fourth-order valence-corrected chi connectivity index (χ4v) is 3.03. The van der Waals surface area contributed by atoms with Crippen LogP contribution in [-0.4, -0.2) is 42.6 Å². The topological polar surface area (TPSA) is 109 Å². The van der Waals surface area contributed by atoms with Crippen molar-refractivity contribution in [1.82, 2.24) is 10.3 Å². The summed E-state index contributed by atoms with van der Waals surface area (Å²) >= 11 is 0. The van der Waals surface area contributed by atoms with E-state index in [9.17, 15) is 19.3 Å². The number of methoxy groups -OCH3 is 1. The Morgan fingerprint density at radius 3 is 2.83 bits per heavy atom. The lowest BCUT2D eigenvalue weighted by atomic mass is 10.1. The normalized spacial score (nSPS) is 10.8. The van der Waals surface area contributed by atoms with Gasteiger partial charge in [-0.2, -0.15) is 0 Å². The number of halogens is 1. The Morgan fingerprint density at radius 2 is 2.07 bits per heavy atom. The number of H-pyrrole nitrogens is 1. The number of aromatic nitrogens is 1. The Labute approximate surface area is 166 Å². The van der Waals surface area contributed by atoms with Crippen molar-refractivity contribution < 1.29 is 18.8 Å². The number of nitro groups is 1. The predicted octanol–water partition coefficient (Wildman–Crippen LogP) is 3.25. The molecule has 3 aromatic rings. The maximum absolute atomic E-state index is 13.4. The molecule has 8 nitrogen and oxygen atoms in total. The maximum Gasteiger partial charge on any atom is 0.293 e. The van der Waals surface area contributed by atoms with Crippen LogP contribution in [0.25, 0.3) is 10.9 Å². The third-order valence-electron chi connectivity index (χ3n) is 4.49. The van der Waals surface area contributed by atoms with Gasteiger partial charge in [0.15, 0.2) is 0 Å². The number of aromatic amines is 1. The van der Waals surface area contributed by atoms with Gasteiger partial charge in [0.05, 0.1) is 11.5 Å². The van der Waals surface area contributed by atoms with E-state index in [2.05, 4.69) is 15.6 Å². The lowest BCUT2D eigenvalue weighted by molar-refractivity contribution is -0.384. The monoisotopic (exact) mass is 400 g/mol. The summed E-state index contributed by atoms with van der Waals surface area (Å²) in [6.45, 7) is 1.12. The second-order valence-corrected chi connectivity index (χ2v) is 6.42. The van der Waals surface area contributed by atoms with Gasteiger partial charge in [-0.3, -0.25) is 14.9 Å². The molecule has 3 N–H and O–H groups in total. The Bertz CT molecular complexity index is 1030. The van der Waals surface area contributed by atoms with Gasteiger partial charge in [0.25, 0.3) is 11.6 Å². The average molecular weight is 400 g/mol. The van der Waals surface area contributed by atoms with E-state index >= 15 is 0 Å². The molecule has 9 heteroatoms. The van der Waals surface area contributed by atoms with E-state index < -0.39 is 10.8 Å². The number of ether oxygens (including phenoxy) is 1. The number of carbonyl (C=O) groups excluding carboxylic acids is 1. The van der Waals surface area contributed by atoms with Crippen molar-refractivity contribution in [2.24, 2.45) is 0 Å². The number of hydrogen-bond acceptors (Lipinski definition) is 5. The van der Waals surface area contributed by atoms with Crippen LogP contribution in [0.5, 0.6) is 0 Å². The van der Waals surface area contributed by atoms with Crippen molar-refractivity contribution >= 4 is 28.2 Å². The lowest BCUT2D eigenvalue weighted by Crippen LogP contribution is -2.25. The number of rotatable bonds is 9. The summed E-state index contributed by atoms with van der Waals surface area (Å²) in [6, 6.07) is 8.76. The van der Waals surface area contributed by atoms with Gasteiger partial charge in [0.2, 0.25) is 0 Å². The van der Waals surface area contributed by atoms with Crippen molar-refractivity contribution in [3.63, 3.8) is 0 Å². The minimum atomic E-state index is -0.535. The predicted molar refractivity (Wildman–Crippen MR) is 108 cm³/mol. The van der Waals surface area contributed by atoms with Gasteiger partial charge in [0, 0.05) is 48.9 Å². The van der Waals surface area contributed by atoms with E-state index in [1.54, 1.807) is 12.3 Å². The first-order valence-corrected chi connectivity index (χ1v) is 9.04. The molecule has 0 unspecified atom stereocenters. The summed E-state index contributed by atoms with van der Waals surface area (Å²) in [6.07, 6.45) is 2.27. The van der Waals surface area contributed by atoms with E-state index in [4.69, 9.17) is 4.74 Å². The molecular formula is C20H21FN4O4. The van der Waals surface area contributed by atoms with E-state index in [-0.39, 0.29) is 17.1 Å². The molecule has 1 amide bonds. The largest absolute Gasteiger partial charge is 0.383 e. The SMILES string of the molecule is COCCNc1ccc(C(=O)NCCc2c[nH]c3ccc(F)cc23)cc1[N+](=O)[O-]. The molecule has 0 aliphatic carbocycles. The van der Waals surface area contributed by atoms with Crippen molar-refractivity contribution in [3.8, 4) is 0 Å². The summed E-state index contributed by atoms with van der Waals surface area (Å²) in [5.41, 5.74) is 2.03. The van der Waals surface area contributed by atoms with Gasteiger partial charge in [0.1, 0.15) is 11.5 Å². The Hall–Kier alpha value is -3.46. The highest BCUT2D eigenvalue weighted by Gasteiger charge is 2.17. The van der Waals surface area contributed by atoms with Crippen LogP contribution in [0.1, 0.15) is 15.9 Å². The van der Waals surface area contributed by atoms with Crippen LogP contribution in [0, 0.1) is 15.9 Å². The summed E-state index contributed by atoms with van der Waals surface area (Å²) in [5, 5.41) is 17.7. The summed E-state index contributed by atoms with van der Waals surface area (Å²) < 4.78 is 18.4. The van der Waals surface area contributed by atoms with Gasteiger partial charge in [-0.1, -0.05) is 0 Å². The second-order valence-electron chi connectivity index (χ2n) is 6.42. The molecule has 0 bridgehead atoms. The van der Waals surface area contributed by atoms with Gasteiger partial charge < -0.3 is 20.4 Å². The number of carbonyl (C=O) groups is 1. The molecule has 0 atom stereocenters. The van der Waals surface area contributed by atoms with Crippen LogP contribution >= 0.6 is 0 Å². The number of benzene rings is 2. The van der Waals surface area contributed by atoms with Crippen molar-refractivity contribution in [2.45, 2.75) is 6.42 Å². The quantitative estimate of drug-likeness (QED) is 0.290. The number of hydrogen-bond donors (Lipinski definition) is 3. The summed E-state index contributed by atoms with van der Waals surface area (Å²) in [7, 11) is 1.54. The number of anilines is 1. The first kappa shape index (κ1) is 20.3. The third kappa shape index (κ3) is 4.88. The van der Waals surface area contributed by atoms with Gasteiger partial charge in [-0.25, -0.2) is 4.39 Å². The smallest absolute Gasteiger partial charge is 0.293 e. The summed E-state index contributed by atoms with van der Waals surface area (Å²) in [5.74, 6) is -0.739. The van der Waals surface area contributed by atoms with Crippen molar-refractivity contribution in [1.29, 1.82) is 0 Å². The standard InChI is InChI=1S/C20H21FN4O4/c1-29-9-8-22-18-4-2-13(10-19(18)25(27)28)20(26)23-7-6-14-12-24-17-5-3-15(21)11-16(14)17/h2-5,10-12,22,24H,6-9H2,1H3,(H,23,26). The molecule has 0 fully saturated rings. The first-order valence-electron chi connectivity index (χ1n) is 9.04. The minimum Gasteiger partial charge on any atom is -0.383 e. The molecule has 0 aliphatic rings. The van der Waals surface area contributed by atoms with Crippen LogP contribution in [0.3, 0.4) is 0 Å². The molecule has 0 radical (unpaired) electrons. The number of nitro benzene ring substituents is 1. The number of amides is 1. The van der Waals surface area contributed by atoms with Gasteiger partial charge in [-0.15, -0.1) is 0 Å². The van der Waals surface area contributed by atoms with Crippen molar-refractivity contribution in [2.75, 3.05) is 32.1 Å². The zero-order valence-corrected chi connectivity index (χ0v) is 15.8. The van der Waals surface area contributed by atoms with Crippen LogP contribution in [-0.2, 0) is 11.2 Å². The second kappa shape index (κ2) is 9.16. The molecule has 0 aliphatic heterocycles. The molecule has 0 saturated heterocycles. The van der Waals surface area contributed by atoms with E-state index in [0.717, 1.165) is 16.5 Å². The minimum absolute atomic E-state index is 0.180. The molecular weight excluding hydrogens is 379 g/mol. The highest BCUT2D eigenvalue weighted by Crippen LogP contribution is 2.25. The lowest BCUT2D eigenvalue weighted by Gasteiger charge is -2.09. The van der Waals surface area contributed by atoms with Gasteiger partial charge >= 0.3 is 0 Å². The van der Waals surface area contributed by atoms with Crippen LogP contribution in [0.4, 0.5) is 15.8 Å². The molecule has 0 saturated carbocycles. The molecule has 1 aromatic heterocycles. The summed E-state index contributed by atoms with van der Waals surface area (Å²) in [4.78, 5) is 26.2. The molecule has 0 spiro atoms. The molecule has 1 heterocycles. The third-order valence-corrected chi connectivity index (χ3v) is 4.49. The maximum atomic E-state index is 13.4. The van der Waals surface area contributed by atoms with Gasteiger partial charge in [-0.05, 0) is 42.3 Å². The molecule has 152 valence electrons. The fraction of sp³-hybridized carbons (Fsp3) is 0.250. The number of fused-ring (bicyclic) bond motifs is 1. The number of nitrogens with one attached hydrogen (secondary N) is 3. The fourth-order valence-electron chi connectivity index (χ4n) is 3.03. The Balaban J connectivity index is 1.64. The van der Waals surface area contributed by atoms with Crippen LogP contribution in [0.15, 0.2) is 42.6 Å².